The third-order valence-electron chi connectivity index (χ3n) is 4.26. The Bertz CT molecular complexity index is 918. The molecule has 1 aliphatic rings. The van der Waals surface area contributed by atoms with Crippen LogP contribution in [0, 0.1) is 0 Å². The maximum Gasteiger partial charge on any atom is 0.228 e. The fraction of sp³-hybridized carbons (Fsp3) is 0.263. The Labute approximate surface area is 161 Å². The van der Waals surface area contributed by atoms with Crippen molar-refractivity contribution in [2.24, 2.45) is 0 Å². The van der Waals surface area contributed by atoms with Crippen LogP contribution in [0.4, 0.5) is 22.0 Å². The first kappa shape index (κ1) is 18.1. The summed E-state index contributed by atoms with van der Waals surface area (Å²) in [4.78, 5) is 11.0. The highest BCUT2D eigenvalue weighted by Crippen LogP contribution is 2.24. The van der Waals surface area contributed by atoms with Crippen molar-refractivity contribution in [3.05, 3.63) is 48.8 Å². The summed E-state index contributed by atoms with van der Waals surface area (Å²) < 4.78 is 22.4. The van der Waals surface area contributed by atoms with E-state index in [4.69, 9.17) is 9.47 Å². The lowest BCUT2D eigenvalue weighted by Crippen LogP contribution is -2.37. The van der Waals surface area contributed by atoms with Gasteiger partial charge in [-0.1, -0.05) is 12.1 Å². The highest BCUT2D eigenvalue weighted by Gasteiger charge is 2.14. The largest absolute Gasteiger partial charge is 0.463 e. The third kappa shape index (κ3) is 4.32. The molecule has 1 saturated heterocycles. The van der Waals surface area contributed by atoms with Crippen LogP contribution in [0.5, 0.6) is 5.75 Å². The first-order valence-electron chi connectivity index (χ1n) is 8.86. The van der Waals surface area contributed by atoms with Crippen LogP contribution in [-0.2, 0) is 4.74 Å². The second kappa shape index (κ2) is 8.57. The molecule has 0 unspecified atom stereocenters. The van der Waals surface area contributed by atoms with Gasteiger partial charge in [-0.05, 0) is 29.8 Å². The van der Waals surface area contributed by atoms with Gasteiger partial charge in [-0.15, -0.1) is 5.10 Å². The molecule has 3 aromatic rings. The Kier molecular flexibility index (Phi) is 5.53. The molecule has 0 atom stereocenters. The van der Waals surface area contributed by atoms with Gasteiger partial charge < -0.3 is 19.7 Å². The van der Waals surface area contributed by atoms with Crippen LogP contribution in [0.3, 0.4) is 0 Å². The number of alkyl halides is 1. The molecule has 9 heteroatoms. The predicted octanol–water partition coefficient (Wildman–Crippen LogP) is 2.82. The van der Waals surface area contributed by atoms with E-state index in [9.17, 15) is 4.39 Å². The van der Waals surface area contributed by atoms with E-state index < -0.39 is 6.86 Å². The molecule has 0 amide bonds. The molecule has 0 spiro atoms. The van der Waals surface area contributed by atoms with E-state index in [2.05, 4.69) is 30.4 Å². The first-order valence-corrected chi connectivity index (χ1v) is 8.86. The number of nitrogens with one attached hydrogen (secondary N) is 1. The zero-order valence-corrected chi connectivity index (χ0v) is 15.1. The van der Waals surface area contributed by atoms with Crippen LogP contribution in [0.1, 0.15) is 0 Å². The number of morpholine rings is 1. The number of rotatable bonds is 6. The number of benzene rings is 1. The maximum atomic E-state index is 12.2. The quantitative estimate of drug-likeness (QED) is 0.697. The molecule has 144 valence electrons. The summed E-state index contributed by atoms with van der Waals surface area (Å²) in [5, 5.41) is 11.3. The van der Waals surface area contributed by atoms with Crippen LogP contribution in [0.15, 0.2) is 48.8 Å². The molecule has 28 heavy (non-hydrogen) atoms. The average molecular weight is 382 g/mol. The lowest BCUT2D eigenvalue weighted by molar-refractivity contribution is 0.122. The highest BCUT2D eigenvalue weighted by atomic mass is 19.1. The molecule has 2 aromatic heterocycles. The molecule has 3 heterocycles. The number of hydrogen-bond acceptors (Lipinski definition) is 8. The molecule has 1 fully saturated rings. The number of anilines is 3. The van der Waals surface area contributed by atoms with Gasteiger partial charge in [0, 0.05) is 24.8 Å². The Morgan fingerprint density at radius 3 is 2.68 bits per heavy atom. The number of nitrogens with zero attached hydrogens (tertiary/aromatic N) is 5. The van der Waals surface area contributed by atoms with Crippen LogP contribution in [0.25, 0.3) is 11.1 Å². The van der Waals surface area contributed by atoms with Gasteiger partial charge in [0.25, 0.3) is 0 Å². The lowest BCUT2D eigenvalue weighted by Gasteiger charge is -2.26. The Morgan fingerprint density at radius 1 is 1.07 bits per heavy atom. The lowest BCUT2D eigenvalue weighted by atomic mass is 10.1. The van der Waals surface area contributed by atoms with E-state index in [1.807, 2.05) is 18.2 Å². The number of aromatic nitrogens is 4. The molecule has 0 saturated carbocycles. The van der Waals surface area contributed by atoms with Gasteiger partial charge in [0.1, 0.15) is 11.6 Å². The zero-order valence-electron chi connectivity index (χ0n) is 15.1. The van der Waals surface area contributed by atoms with E-state index in [-0.39, 0.29) is 0 Å². The second-order valence-electron chi connectivity index (χ2n) is 6.07. The molecule has 1 aliphatic heterocycles. The second-order valence-corrected chi connectivity index (χ2v) is 6.07. The summed E-state index contributed by atoms with van der Waals surface area (Å²) in [7, 11) is 0. The molecular weight excluding hydrogens is 363 g/mol. The molecule has 8 nitrogen and oxygen atoms in total. The number of ether oxygens (including phenoxy) is 2. The maximum absolute atomic E-state index is 12.2. The van der Waals surface area contributed by atoms with E-state index >= 15 is 0 Å². The van der Waals surface area contributed by atoms with E-state index in [1.54, 1.807) is 30.6 Å². The molecule has 4 rings (SSSR count). The Hall–Kier alpha value is -3.33. The summed E-state index contributed by atoms with van der Waals surface area (Å²) in [6.07, 6.45) is 3.37. The van der Waals surface area contributed by atoms with E-state index in [0.29, 0.717) is 36.5 Å². The highest BCUT2D eigenvalue weighted by molar-refractivity contribution is 5.67. The summed E-state index contributed by atoms with van der Waals surface area (Å²) in [6.45, 7) is 2.02. The summed E-state index contributed by atoms with van der Waals surface area (Å²) in [5.74, 6) is 2.33. The van der Waals surface area contributed by atoms with Crippen molar-refractivity contribution in [2.75, 3.05) is 43.4 Å². The van der Waals surface area contributed by atoms with Crippen molar-refractivity contribution in [1.82, 2.24) is 20.2 Å². The Morgan fingerprint density at radius 2 is 1.89 bits per heavy atom. The van der Waals surface area contributed by atoms with Gasteiger partial charge in [-0.2, -0.15) is 10.1 Å². The van der Waals surface area contributed by atoms with Gasteiger partial charge in [-0.3, -0.25) is 0 Å². The topological polar surface area (TPSA) is 85.3 Å². The molecule has 1 N–H and O–H groups in total. The van der Waals surface area contributed by atoms with Gasteiger partial charge in [0.2, 0.25) is 12.8 Å². The van der Waals surface area contributed by atoms with Crippen LogP contribution >= 0.6 is 0 Å². The predicted molar refractivity (Wildman–Crippen MR) is 102 cm³/mol. The summed E-state index contributed by atoms with van der Waals surface area (Å²) >= 11 is 0. The van der Waals surface area contributed by atoms with Crippen molar-refractivity contribution >= 4 is 17.6 Å². The van der Waals surface area contributed by atoms with Crippen LogP contribution < -0.4 is 15.0 Å². The third-order valence-corrected chi connectivity index (χ3v) is 4.26. The first-order chi connectivity index (χ1) is 13.8. The standard InChI is InChI=1S/C19H19FN6O2/c20-13-28-16-3-1-14(2-4-16)15-11-18(25-22-12-15)23-17-5-6-21-19(24-17)26-7-9-27-10-8-26/h1-6,11-12H,7-10,13H2,(H,21,23,24,25). The fourth-order valence-electron chi connectivity index (χ4n) is 2.86. The van der Waals surface area contributed by atoms with E-state index in [1.165, 1.54) is 0 Å². The van der Waals surface area contributed by atoms with E-state index in [0.717, 1.165) is 24.2 Å². The van der Waals surface area contributed by atoms with Gasteiger partial charge in [0.15, 0.2) is 5.82 Å². The molecule has 0 radical (unpaired) electrons. The number of hydrogen-bond donors (Lipinski definition) is 1. The SMILES string of the molecule is FCOc1ccc(-c2cnnc(Nc3ccnc(N4CCOCC4)n3)c2)cc1. The fourth-order valence-corrected chi connectivity index (χ4v) is 2.86. The van der Waals surface area contributed by atoms with Crippen molar-refractivity contribution < 1.29 is 13.9 Å². The monoisotopic (exact) mass is 382 g/mol. The zero-order chi connectivity index (χ0) is 19.2. The molecule has 0 aliphatic carbocycles. The Balaban J connectivity index is 1.50. The minimum atomic E-state index is -0.852. The van der Waals surface area contributed by atoms with Crippen molar-refractivity contribution in [3.8, 4) is 16.9 Å². The molecule has 0 bridgehead atoms. The summed E-state index contributed by atoms with van der Waals surface area (Å²) in [5.41, 5.74) is 1.78. The minimum Gasteiger partial charge on any atom is -0.463 e. The van der Waals surface area contributed by atoms with Crippen molar-refractivity contribution in [3.63, 3.8) is 0 Å². The normalized spacial score (nSPS) is 14.0. The van der Waals surface area contributed by atoms with Gasteiger partial charge >= 0.3 is 0 Å². The minimum absolute atomic E-state index is 0.475. The van der Waals surface area contributed by atoms with Crippen molar-refractivity contribution in [2.45, 2.75) is 0 Å². The van der Waals surface area contributed by atoms with Gasteiger partial charge in [0.05, 0.1) is 19.4 Å². The van der Waals surface area contributed by atoms with Crippen LogP contribution in [-0.4, -0.2) is 53.3 Å². The molecule has 1 aromatic carbocycles. The smallest absolute Gasteiger partial charge is 0.228 e. The average Bonchev–Trinajstić information content (AvgIpc) is 2.76. The van der Waals surface area contributed by atoms with Crippen LogP contribution in [0.2, 0.25) is 0 Å². The number of halogens is 1. The summed E-state index contributed by atoms with van der Waals surface area (Å²) in [6, 6.07) is 10.7. The van der Waals surface area contributed by atoms with Crippen molar-refractivity contribution in [1.29, 1.82) is 0 Å². The molecular formula is C19H19FN6O2. The van der Waals surface area contributed by atoms with Gasteiger partial charge in [-0.25, -0.2) is 9.37 Å².